The van der Waals surface area contributed by atoms with Gasteiger partial charge in [-0.2, -0.15) is 0 Å². The molecule has 0 fully saturated rings. The average molecular weight is 283 g/mol. The molecule has 0 aliphatic carbocycles. The van der Waals surface area contributed by atoms with Crippen molar-refractivity contribution >= 4 is 22.9 Å². The van der Waals surface area contributed by atoms with E-state index in [1.54, 1.807) is 7.11 Å². The quantitative estimate of drug-likeness (QED) is 0.919. The summed E-state index contributed by atoms with van der Waals surface area (Å²) in [6.45, 7) is 1.97. The van der Waals surface area contributed by atoms with Gasteiger partial charge in [0.15, 0.2) is 0 Å². The van der Waals surface area contributed by atoms with Crippen molar-refractivity contribution < 1.29 is 9.84 Å². The maximum Gasteiger partial charge on any atom is 0.121 e. The van der Waals surface area contributed by atoms with Crippen molar-refractivity contribution in [3.8, 4) is 5.75 Å². The van der Waals surface area contributed by atoms with Gasteiger partial charge in [-0.05, 0) is 42.3 Å². The molecule has 0 aliphatic rings. The van der Waals surface area contributed by atoms with Gasteiger partial charge in [0.05, 0.1) is 17.6 Å². The van der Waals surface area contributed by atoms with Crippen molar-refractivity contribution in [1.82, 2.24) is 0 Å². The Morgan fingerprint density at radius 2 is 2.11 bits per heavy atom. The number of aliphatic hydroxyl groups excluding tert-OH is 1. The summed E-state index contributed by atoms with van der Waals surface area (Å²) in [7, 11) is 1.64. The number of methoxy groups -OCH3 is 1. The molecule has 0 amide bonds. The molecule has 1 aromatic carbocycles. The number of benzene rings is 1. The highest BCUT2D eigenvalue weighted by molar-refractivity contribution is 7.16. The normalized spacial score (nSPS) is 12.4. The second kappa shape index (κ2) is 5.74. The van der Waals surface area contributed by atoms with Crippen molar-refractivity contribution in [2.24, 2.45) is 0 Å². The van der Waals surface area contributed by atoms with Crippen molar-refractivity contribution in [2.45, 2.75) is 19.4 Å². The van der Waals surface area contributed by atoms with Gasteiger partial charge in [0, 0.05) is 11.3 Å². The second-order valence-corrected chi connectivity index (χ2v) is 5.95. The first-order chi connectivity index (χ1) is 8.60. The van der Waals surface area contributed by atoms with Crippen LogP contribution >= 0.6 is 22.9 Å². The van der Waals surface area contributed by atoms with Crippen molar-refractivity contribution in [1.29, 1.82) is 0 Å². The van der Waals surface area contributed by atoms with Gasteiger partial charge in [0.2, 0.25) is 0 Å². The van der Waals surface area contributed by atoms with Crippen LogP contribution in [-0.2, 0) is 6.42 Å². The lowest BCUT2D eigenvalue weighted by Crippen LogP contribution is -2.01. The smallest absolute Gasteiger partial charge is 0.121 e. The van der Waals surface area contributed by atoms with Crippen molar-refractivity contribution in [2.75, 3.05) is 7.11 Å². The molecular weight excluding hydrogens is 268 g/mol. The lowest BCUT2D eigenvalue weighted by molar-refractivity contribution is 0.179. The first kappa shape index (κ1) is 13.4. The maximum absolute atomic E-state index is 10.2. The monoisotopic (exact) mass is 282 g/mol. The summed E-state index contributed by atoms with van der Waals surface area (Å²) in [4.78, 5) is 1.08. The Hall–Kier alpha value is -1.03. The molecule has 0 saturated carbocycles. The minimum absolute atomic E-state index is 0.510. The molecule has 0 bridgehead atoms. The minimum atomic E-state index is -0.510. The Morgan fingerprint density at radius 1 is 1.33 bits per heavy atom. The third kappa shape index (κ3) is 3.05. The molecule has 1 aromatic heterocycles. The van der Waals surface area contributed by atoms with Crippen LogP contribution in [0.2, 0.25) is 4.34 Å². The summed E-state index contributed by atoms with van der Waals surface area (Å²) in [5.74, 6) is 0.838. The number of aliphatic hydroxyl groups is 1. The van der Waals surface area contributed by atoms with Crippen LogP contribution in [0.1, 0.15) is 22.1 Å². The molecule has 1 N–H and O–H groups in total. The summed E-state index contributed by atoms with van der Waals surface area (Å²) < 4.78 is 5.96. The highest BCUT2D eigenvalue weighted by atomic mass is 35.5. The molecule has 0 saturated heterocycles. The third-order valence-corrected chi connectivity index (χ3v) is 4.08. The van der Waals surface area contributed by atoms with E-state index in [9.17, 15) is 5.11 Å². The Kier molecular flexibility index (Phi) is 4.27. The van der Waals surface area contributed by atoms with Crippen LogP contribution in [0.5, 0.6) is 5.75 Å². The predicted molar refractivity (Wildman–Crippen MR) is 75.7 cm³/mol. The van der Waals surface area contributed by atoms with Gasteiger partial charge in [-0.3, -0.25) is 0 Å². The minimum Gasteiger partial charge on any atom is -0.496 e. The molecule has 4 heteroatoms. The number of aryl methyl sites for hydroxylation is 1. The molecular formula is C14H15ClO2S. The summed E-state index contributed by atoms with van der Waals surface area (Å²) in [6, 6.07) is 9.54. The predicted octanol–water partition coefficient (Wildman–Crippen LogP) is 3.99. The first-order valence-electron chi connectivity index (χ1n) is 5.67. The van der Waals surface area contributed by atoms with Gasteiger partial charge in [-0.15, -0.1) is 11.3 Å². The molecule has 2 nitrogen and oxygen atoms in total. The van der Waals surface area contributed by atoms with Crippen LogP contribution in [0.3, 0.4) is 0 Å². The Morgan fingerprint density at radius 3 is 2.67 bits per heavy atom. The van der Waals surface area contributed by atoms with E-state index in [2.05, 4.69) is 0 Å². The summed E-state index contributed by atoms with van der Waals surface area (Å²) in [5, 5.41) is 10.2. The highest BCUT2D eigenvalue weighted by Gasteiger charge is 2.11. The Labute approximate surface area is 116 Å². The van der Waals surface area contributed by atoms with Gasteiger partial charge in [0.25, 0.3) is 0 Å². The van der Waals surface area contributed by atoms with Crippen LogP contribution in [0.4, 0.5) is 0 Å². The molecule has 18 heavy (non-hydrogen) atoms. The zero-order chi connectivity index (χ0) is 13.1. The summed E-state index contributed by atoms with van der Waals surface area (Å²) in [6.07, 6.45) is 0.0766. The van der Waals surface area contributed by atoms with E-state index in [0.717, 1.165) is 26.1 Å². The fourth-order valence-corrected chi connectivity index (χ4v) is 3.00. The molecule has 1 heterocycles. The molecule has 1 atom stereocenters. The third-order valence-electron chi connectivity index (χ3n) is 2.83. The Bertz CT molecular complexity index is 536. The highest BCUT2D eigenvalue weighted by Crippen LogP contribution is 2.28. The Balaban J connectivity index is 2.13. The number of halogens is 1. The maximum atomic E-state index is 10.2. The topological polar surface area (TPSA) is 29.5 Å². The zero-order valence-corrected chi connectivity index (χ0v) is 11.9. The van der Waals surface area contributed by atoms with E-state index >= 15 is 0 Å². The van der Waals surface area contributed by atoms with Crippen LogP contribution in [0.15, 0.2) is 30.3 Å². The average Bonchev–Trinajstić information content (AvgIpc) is 2.74. The van der Waals surface area contributed by atoms with Crippen LogP contribution < -0.4 is 4.74 Å². The lowest BCUT2D eigenvalue weighted by atomic mass is 10.0. The van der Waals surface area contributed by atoms with E-state index < -0.39 is 6.10 Å². The standard InChI is InChI=1S/C14H15ClO2S/c1-9-7-10(3-5-13(9)17-2)12(16)8-11-4-6-14(15)18-11/h3-7,12,16H,8H2,1-2H3. The van der Waals surface area contributed by atoms with Gasteiger partial charge < -0.3 is 9.84 Å². The molecule has 0 spiro atoms. The van der Waals surface area contributed by atoms with Crippen LogP contribution in [0.25, 0.3) is 0 Å². The van der Waals surface area contributed by atoms with E-state index in [4.69, 9.17) is 16.3 Å². The number of ether oxygens (including phenoxy) is 1. The first-order valence-corrected chi connectivity index (χ1v) is 6.86. The second-order valence-electron chi connectivity index (χ2n) is 4.15. The number of rotatable bonds is 4. The van der Waals surface area contributed by atoms with E-state index in [1.807, 2.05) is 37.3 Å². The van der Waals surface area contributed by atoms with Crippen molar-refractivity contribution in [3.63, 3.8) is 0 Å². The molecule has 0 radical (unpaired) electrons. The number of hydrogen-bond acceptors (Lipinski definition) is 3. The molecule has 2 aromatic rings. The van der Waals surface area contributed by atoms with Crippen LogP contribution in [-0.4, -0.2) is 12.2 Å². The van der Waals surface area contributed by atoms with Gasteiger partial charge >= 0.3 is 0 Å². The molecule has 0 aliphatic heterocycles. The number of hydrogen-bond donors (Lipinski definition) is 1. The fourth-order valence-electron chi connectivity index (χ4n) is 1.88. The van der Waals surface area contributed by atoms with Gasteiger partial charge in [0.1, 0.15) is 5.75 Å². The summed E-state index contributed by atoms with van der Waals surface area (Å²) >= 11 is 7.38. The summed E-state index contributed by atoms with van der Waals surface area (Å²) in [5.41, 5.74) is 1.93. The van der Waals surface area contributed by atoms with E-state index in [-0.39, 0.29) is 0 Å². The van der Waals surface area contributed by atoms with Gasteiger partial charge in [-0.1, -0.05) is 17.7 Å². The largest absolute Gasteiger partial charge is 0.496 e. The zero-order valence-electron chi connectivity index (χ0n) is 10.3. The lowest BCUT2D eigenvalue weighted by Gasteiger charge is -2.12. The van der Waals surface area contributed by atoms with Gasteiger partial charge in [-0.25, -0.2) is 0 Å². The van der Waals surface area contributed by atoms with E-state index in [1.165, 1.54) is 11.3 Å². The fraction of sp³-hybridized carbons (Fsp3) is 0.286. The SMILES string of the molecule is COc1ccc(C(O)Cc2ccc(Cl)s2)cc1C. The number of thiophene rings is 1. The molecule has 96 valence electrons. The van der Waals surface area contributed by atoms with Crippen molar-refractivity contribution in [3.05, 3.63) is 50.7 Å². The molecule has 2 rings (SSSR count). The molecule has 1 unspecified atom stereocenters. The van der Waals surface area contributed by atoms with Crippen LogP contribution in [0, 0.1) is 6.92 Å². The van der Waals surface area contributed by atoms with E-state index in [0.29, 0.717) is 6.42 Å².